The number of hydrogen-bond donors (Lipinski definition) is 1. The minimum atomic E-state index is 0.395. The van der Waals surface area contributed by atoms with Crippen LogP contribution < -0.4 is 10.2 Å². The van der Waals surface area contributed by atoms with Crippen LogP contribution in [0.2, 0.25) is 0 Å². The van der Waals surface area contributed by atoms with Gasteiger partial charge in [0.25, 0.3) is 0 Å². The molecule has 0 saturated heterocycles. The summed E-state index contributed by atoms with van der Waals surface area (Å²) >= 11 is 0. The zero-order valence-corrected chi connectivity index (χ0v) is 10.1. The van der Waals surface area contributed by atoms with Gasteiger partial charge < -0.3 is 10.2 Å². The molecular formula is C12H21N3. The average Bonchev–Trinajstić information content (AvgIpc) is 2.26. The topological polar surface area (TPSA) is 28.2 Å². The van der Waals surface area contributed by atoms with Crippen LogP contribution in [0.25, 0.3) is 0 Å². The molecule has 0 aromatic carbocycles. The SMILES string of the molecule is CCCNC(C)c1ccnc(N(C)C)c1. The number of aromatic nitrogens is 1. The largest absolute Gasteiger partial charge is 0.363 e. The second-order valence-corrected chi connectivity index (χ2v) is 4.02. The Morgan fingerprint density at radius 1 is 1.47 bits per heavy atom. The molecule has 0 bridgehead atoms. The zero-order valence-electron chi connectivity index (χ0n) is 10.1. The van der Waals surface area contributed by atoms with E-state index < -0.39 is 0 Å². The van der Waals surface area contributed by atoms with Gasteiger partial charge in [-0.05, 0) is 37.6 Å². The Morgan fingerprint density at radius 3 is 2.80 bits per heavy atom. The van der Waals surface area contributed by atoms with Gasteiger partial charge in [0.15, 0.2) is 0 Å². The number of nitrogens with zero attached hydrogens (tertiary/aromatic N) is 2. The zero-order chi connectivity index (χ0) is 11.3. The average molecular weight is 207 g/mol. The molecular weight excluding hydrogens is 186 g/mol. The Labute approximate surface area is 92.5 Å². The van der Waals surface area contributed by atoms with Crippen molar-refractivity contribution in [2.24, 2.45) is 0 Å². The van der Waals surface area contributed by atoms with Gasteiger partial charge in [-0.2, -0.15) is 0 Å². The van der Waals surface area contributed by atoms with Gasteiger partial charge in [0.2, 0.25) is 0 Å². The summed E-state index contributed by atoms with van der Waals surface area (Å²) < 4.78 is 0. The number of pyridine rings is 1. The molecule has 3 heteroatoms. The molecule has 0 aliphatic carbocycles. The van der Waals surface area contributed by atoms with Crippen LogP contribution in [0.15, 0.2) is 18.3 Å². The van der Waals surface area contributed by atoms with Gasteiger partial charge in [-0.1, -0.05) is 6.92 Å². The fourth-order valence-electron chi connectivity index (χ4n) is 1.43. The highest BCUT2D eigenvalue weighted by Crippen LogP contribution is 2.16. The summed E-state index contributed by atoms with van der Waals surface area (Å²) in [5.74, 6) is 1.01. The normalized spacial score (nSPS) is 12.5. The molecule has 0 aliphatic heterocycles. The predicted molar refractivity (Wildman–Crippen MR) is 65.3 cm³/mol. The number of anilines is 1. The van der Waals surface area contributed by atoms with Gasteiger partial charge in [0.05, 0.1) is 0 Å². The summed E-state index contributed by atoms with van der Waals surface area (Å²) in [7, 11) is 4.02. The highest BCUT2D eigenvalue weighted by molar-refractivity contribution is 5.39. The fraction of sp³-hybridized carbons (Fsp3) is 0.583. The number of rotatable bonds is 5. The molecule has 1 unspecified atom stereocenters. The van der Waals surface area contributed by atoms with Crippen molar-refractivity contribution in [1.82, 2.24) is 10.3 Å². The Morgan fingerprint density at radius 2 is 2.20 bits per heavy atom. The molecule has 0 aliphatic rings. The highest BCUT2D eigenvalue weighted by Gasteiger charge is 2.05. The monoisotopic (exact) mass is 207 g/mol. The first-order valence-corrected chi connectivity index (χ1v) is 5.51. The lowest BCUT2D eigenvalue weighted by atomic mass is 10.1. The molecule has 1 rings (SSSR count). The molecule has 0 spiro atoms. The standard InChI is InChI=1S/C12H21N3/c1-5-7-13-10(2)11-6-8-14-12(9-11)15(3)4/h6,8-10,13H,5,7H2,1-4H3. The molecule has 0 radical (unpaired) electrons. The van der Waals surface area contributed by atoms with Crippen molar-refractivity contribution in [3.05, 3.63) is 23.9 Å². The lowest BCUT2D eigenvalue weighted by Gasteiger charge is -2.16. The maximum absolute atomic E-state index is 4.30. The summed E-state index contributed by atoms with van der Waals surface area (Å²) in [5.41, 5.74) is 1.29. The Hall–Kier alpha value is -1.09. The third-order valence-electron chi connectivity index (χ3n) is 2.43. The molecule has 0 amide bonds. The third kappa shape index (κ3) is 3.51. The third-order valence-corrected chi connectivity index (χ3v) is 2.43. The Kier molecular flexibility index (Phi) is 4.56. The van der Waals surface area contributed by atoms with E-state index in [1.807, 2.05) is 25.2 Å². The van der Waals surface area contributed by atoms with Gasteiger partial charge >= 0.3 is 0 Å². The molecule has 0 saturated carbocycles. The summed E-state index contributed by atoms with van der Waals surface area (Å²) in [4.78, 5) is 6.32. The van der Waals surface area contributed by atoms with Crippen LogP contribution in [0.3, 0.4) is 0 Å². The summed E-state index contributed by atoms with van der Waals surface area (Å²) in [6.45, 7) is 5.42. The predicted octanol–water partition coefficient (Wildman–Crippen LogP) is 2.21. The maximum atomic E-state index is 4.30. The van der Waals surface area contributed by atoms with Crippen molar-refractivity contribution in [3.63, 3.8) is 0 Å². The molecule has 15 heavy (non-hydrogen) atoms. The summed E-state index contributed by atoms with van der Waals surface area (Å²) in [6, 6.07) is 4.60. The lowest BCUT2D eigenvalue weighted by Crippen LogP contribution is -2.20. The van der Waals surface area contributed by atoms with E-state index in [0.717, 1.165) is 18.8 Å². The van der Waals surface area contributed by atoms with Crippen LogP contribution in [0.1, 0.15) is 31.9 Å². The van der Waals surface area contributed by atoms with Gasteiger partial charge in [-0.15, -0.1) is 0 Å². The van der Waals surface area contributed by atoms with Crippen molar-refractivity contribution in [2.45, 2.75) is 26.3 Å². The van der Waals surface area contributed by atoms with Crippen LogP contribution in [-0.2, 0) is 0 Å². The maximum Gasteiger partial charge on any atom is 0.128 e. The van der Waals surface area contributed by atoms with Crippen LogP contribution in [0, 0.1) is 0 Å². The van der Waals surface area contributed by atoms with E-state index >= 15 is 0 Å². The van der Waals surface area contributed by atoms with Crippen LogP contribution in [0.4, 0.5) is 5.82 Å². The number of nitrogens with one attached hydrogen (secondary N) is 1. The van der Waals surface area contributed by atoms with Gasteiger partial charge in [0.1, 0.15) is 5.82 Å². The fourth-order valence-corrected chi connectivity index (χ4v) is 1.43. The molecule has 0 fully saturated rings. The first-order valence-electron chi connectivity index (χ1n) is 5.51. The van der Waals surface area contributed by atoms with E-state index in [2.05, 4.69) is 36.3 Å². The van der Waals surface area contributed by atoms with E-state index in [1.165, 1.54) is 5.56 Å². The molecule has 1 aromatic rings. The highest BCUT2D eigenvalue weighted by atomic mass is 15.1. The van der Waals surface area contributed by atoms with Crippen molar-refractivity contribution in [2.75, 3.05) is 25.5 Å². The van der Waals surface area contributed by atoms with E-state index in [4.69, 9.17) is 0 Å². The number of hydrogen-bond acceptors (Lipinski definition) is 3. The first-order chi connectivity index (χ1) is 7.15. The summed E-state index contributed by atoms with van der Waals surface area (Å²) in [5, 5.41) is 3.47. The Balaban J connectivity index is 2.71. The molecule has 1 atom stereocenters. The van der Waals surface area contributed by atoms with Crippen molar-refractivity contribution < 1.29 is 0 Å². The van der Waals surface area contributed by atoms with E-state index in [0.29, 0.717) is 6.04 Å². The summed E-state index contributed by atoms with van der Waals surface area (Å²) in [6.07, 6.45) is 3.03. The quantitative estimate of drug-likeness (QED) is 0.802. The van der Waals surface area contributed by atoms with E-state index in [-0.39, 0.29) is 0 Å². The van der Waals surface area contributed by atoms with E-state index in [1.54, 1.807) is 0 Å². The second-order valence-electron chi connectivity index (χ2n) is 4.02. The van der Waals surface area contributed by atoms with E-state index in [9.17, 15) is 0 Å². The van der Waals surface area contributed by atoms with Crippen LogP contribution in [0.5, 0.6) is 0 Å². The van der Waals surface area contributed by atoms with Gasteiger partial charge in [0, 0.05) is 26.3 Å². The van der Waals surface area contributed by atoms with Crippen LogP contribution >= 0.6 is 0 Å². The minimum Gasteiger partial charge on any atom is -0.363 e. The Bertz CT molecular complexity index is 297. The van der Waals surface area contributed by atoms with Crippen LogP contribution in [-0.4, -0.2) is 25.6 Å². The van der Waals surface area contributed by atoms with Gasteiger partial charge in [-0.25, -0.2) is 4.98 Å². The van der Waals surface area contributed by atoms with Crippen molar-refractivity contribution in [3.8, 4) is 0 Å². The smallest absolute Gasteiger partial charge is 0.128 e. The molecule has 84 valence electrons. The van der Waals surface area contributed by atoms with Crippen molar-refractivity contribution >= 4 is 5.82 Å². The lowest BCUT2D eigenvalue weighted by molar-refractivity contribution is 0.570. The molecule has 1 heterocycles. The molecule has 3 nitrogen and oxygen atoms in total. The second kappa shape index (κ2) is 5.71. The minimum absolute atomic E-state index is 0.395. The first kappa shape index (κ1) is 12.0. The molecule has 1 N–H and O–H groups in total. The van der Waals surface area contributed by atoms with Crippen molar-refractivity contribution in [1.29, 1.82) is 0 Å². The van der Waals surface area contributed by atoms with Gasteiger partial charge in [-0.3, -0.25) is 0 Å². The molecule has 1 aromatic heterocycles.